The number of ether oxygens (including phenoxy) is 2. The fraction of sp³-hybridized carbons (Fsp3) is 0.727. The zero-order valence-electron chi connectivity index (χ0n) is 18.6. The lowest BCUT2D eigenvalue weighted by atomic mass is 9.98. The van der Waals surface area contributed by atoms with Crippen molar-refractivity contribution in [2.75, 3.05) is 59.1 Å². The summed E-state index contributed by atoms with van der Waals surface area (Å²) >= 11 is 0. The number of hydrogen-bond acceptors (Lipinski definition) is 6. The predicted octanol–water partition coefficient (Wildman–Crippen LogP) is 2.20. The van der Waals surface area contributed by atoms with Gasteiger partial charge in [0.15, 0.2) is 5.96 Å². The molecule has 168 valence electrons. The van der Waals surface area contributed by atoms with Crippen molar-refractivity contribution < 1.29 is 18.7 Å². The van der Waals surface area contributed by atoms with Crippen molar-refractivity contribution in [1.29, 1.82) is 0 Å². The van der Waals surface area contributed by atoms with Crippen molar-refractivity contribution in [2.45, 2.75) is 39.7 Å². The topological polar surface area (TPSA) is 79.5 Å². The van der Waals surface area contributed by atoms with Gasteiger partial charge < -0.3 is 24.1 Å². The normalized spacial score (nSPS) is 22.0. The van der Waals surface area contributed by atoms with Crippen molar-refractivity contribution in [3.8, 4) is 0 Å². The molecule has 1 N–H and O–H groups in total. The highest BCUT2D eigenvalue weighted by Crippen LogP contribution is 2.25. The second kappa shape index (κ2) is 11.4. The number of nitrogens with zero attached hydrogens (tertiary/aromatic N) is 3. The highest BCUT2D eigenvalue weighted by Gasteiger charge is 2.29. The molecular weight excluding hydrogens is 384 g/mol. The molecule has 0 radical (unpaired) electrons. The fourth-order valence-corrected chi connectivity index (χ4v) is 4.13. The average molecular weight is 421 g/mol. The number of carbonyl (C=O) groups is 1. The second-order valence-electron chi connectivity index (χ2n) is 7.84. The molecule has 2 saturated heterocycles. The number of hydrogen-bond donors (Lipinski definition) is 1. The number of rotatable bonds is 7. The van der Waals surface area contributed by atoms with Crippen LogP contribution in [-0.4, -0.2) is 80.8 Å². The van der Waals surface area contributed by atoms with E-state index >= 15 is 0 Å². The Morgan fingerprint density at radius 2 is 2.10 bits per heavy atom. The Hall–Kier alpha value is -2.06. The number of nitrogens with one attached hydrogen (secondary N) is 1. The number of furan rings is 1. The molecule has 0 spiro atoms. The van der Waals surface area contributed by atoms with Crippen LogP contribution in [0.15, 0.2) is 21.5 Å². The zero-order valence-corrected chi connectivity index (χ0v) is 18.6. The first-order valence-corrected chi connectivity index (χ1v) is 11.2. The van der Waals surface area contributed by atoms with Gasteiger partial charge in [0.2, 0.25) is 0 Å². The minimum atomic E-state index is -0.102. The van der Waals surface area contributed by atoms with E-state index < -0.39 is 0 Å². The van der Waals surface area contributed by atoms with Crippen LogP contribution in [0.5, 0.6) is 0 Å². The molecule has 30 heavy (non-hydrogen) atoms. The molecule has 8 heteroatoms. The highest BCUT2D eigenvalue weighted by molar-refractivity contribution is 5.81. The lowest BCUT2D eigenvalue weighted by Crippen LogP contribution is -2.48. The standard InChI is InChI=1S/C22H36N4O4/c1-4-23-22(26-10-6-7-18(16-26)21(27)29-5-2)24-15-19(20-9-8-17(3)30-20)25-11-13-28-14-12-25/h8-9,18-19H,4-7,10-16H2,1-3H3,(H,23,24). The maximum absolute atomic E-state index is 12.2. The van der Waals surface area contributed by atoms with E-state index in [9.17, 15) is 4.79 Å². The summed E-state index contributed by atoms with van der Waals surface area (Å²) in [4.78, 5) is 21.8. The van der Waals surface area contributed by atoms with Gasteiger partial charge in [-0.3, -0.25) is 14.7 Å². The average Bonchev–Trinajstić information content (AvgIpc) is 3.20. The number of morpholine rings is 1. The van der Waals surface area contributed by atoms with Gasteiger partial charge in [-0.1, -0.05) is 0 Å². The van der Waals surface area contributed by atoms with E-state index in [1.54, 1.807) is 0 Å². The third kappa shape index (κ3) is 5.98. The Morgan fingerprint density at radius 3 is 2.77 bits per heavy atom. The minimum Gasteiger partial charge on any atom is -0.466 e. The number of esters is 1. The molecule has 3 heterocycles. The molecule has 0 amide bonds. The van der Waals surface area contributed by atoms with Crippen LogP contribution in [0.4, 0.5) is 0 Å². The van der Waals surface area contributed by atoms with Crippen molar-refractivity contribution >= 4 is 11.9 Å². The summed E-state index contributed by atoms with van der Waals surface area (Å²) in [6.45, 7) is 12.4. The molecule has 3 rings (SSSR count). The molecule has 1 aromatic heterocycles. The fourth-order valence-electron chi connectivity index (χ4n) is 4.13. The number of carbonyl (C=O) groups excluding carboxylic acids is 1. The van der Waals surface area contributed by atoms with Crippen LogP contribution in [0.2, 0.25) is 0 Å². The van der Waals surface area contributed by atoms with Gasteiger partial charge in [-0.05, 0) is 45.7 Å². The van der Waals surface area contributed by atoms with Gasteiger partial charge in [0.25, 0.3) is 0 Å². The Bertz CT molecular complexity index is 699. The quantitative estimate of drug-likeness (QED) is 0.411. The first kappa shape index (κ1) is 22.6. The first-order valence-electron chi connectivity index (χ1n) is 11.2. The Labute approximate surface area is 179 Å². The Kier molecular flexibility index (Phi) is 8.57. The van der Waals surface area contributed by atoms with Crippen LogP contribution in [-0.2, 0) is 14.3 Å². The van der Waals surface area contributed by atoms with E-state index in [1.807, 2.05) is 19.9 Å². The second-order valence-corrected chi connectivity index (χ2v) is 7.84. The number of aryl methyl sites for hydroxylation is 1. The van der Waals surface area contributed by atoms with Gasteiger partial charge in [0, 0.05) is 32.7 Å². The third-order valence-corrected chi connectivity index (χ3v) is 5.67. The van der Waals surface area contributed by atoms with Gasteiger partial charge in [0.05, 0.1) is 38.3 Å². The van der Waals surface area contributed by atoms with Gasteiger partial charge in [-0.15, -0.1) is 0 Å². The number of aliphatic imine (C=N–C) groups is 1. The van der Waals surface area contributed by atoms with Crippen molar-refractivity contribution in [3.05, 3.63) is 23.7 Å². The monoisotopic (exact) mass is 420 g/mol. The molecule has 0 saturated carbocycles. The summed E-state index contributed by atoms with van der Waals surface area (Å²) in [7, 11) is 0. The molecular formula is C22H36N4O4. The van der Waals surface area contributed by atoms with Gasteiger partial charge in [0.1, 0.15) is 11.5 Å². The van der Waals surface area contributed by atoms with E-state index in [1.165, 1.54) is 0 Å². The molecule has 0 bridgehead atoms. The smallest absolute Gasteiger partial charge is 0.310 e. The van der Waals surface area contributed by atoms with Gasteiger partial charge >= 0.3 is 5.97 Å². The largest absolute Gasteiger partial charge is 0.466 e. The number of guanidine groups is 1. The number of likely N-dealkylation sites (tertiary alicyclic amines) is 1. The van der Waals surface area contributed by atoms with E-state index in [0.29, 0.717) is 19.7 Å². The van der Waals surface area contributed by atoms with E-state index in [-0.39, 0.29) is 17.9 Å². The zero-order chi connectivity index (χ0) is 21.3. The summed E-state index contributed by atoms with van der Waals surface area (Å²) in [5.41, 5.74) is 0. The Morgan fingerprint density at radius 1 is 1.30 bits per heavy atom. The molecule has 0 aromatic carbocycles. The molecule has 2 aliphatic rings. The molecule has 8 nitrogen and oxygen atoms in total. The van der Waals surface area contributed by atoms with E-state index in [2.05, 4.69) is 28.1 Å². The summed E-state index contributed by atoms with van der Waals surface area (Å²) in [5.74, 6) is 2.51. The third-order valence-electron chi connectivity index (χ3n) is 5.67. The van der Waals surface area contributed by atoms with Crippen LogP contribution < -0.4 is 5.32 Å². The van der Waals surface area contributed by atoms with Gasteiger partial charge in [-0.25, -0.2) is 0 Å². The summed E-state index contributed by atoms with van der Waals surface area (Å²) in [5, 5.41) is 3.41. The van der Waals surface area contributed by atoms with Crippen molar-refractivity contribution in [2.24, 2.45) is 10.9 Å². The van der Waals surface area contributed by atoms with Crippen LogP contribution in [0.3, 0.4) is 0 Å². The summed E-state index contributed by atoms with van der Waals surface area (Å²) < 4.78 is 16.7. The first-order chi connectivity index (χ1) is 14.6. The minimum absolute atomic E-state index is 0.0712. The number of piperidine rings is 1. The van der Waals surface area contributed by atoms with Crippen LogP contribution in [0.1, 0.15) is 44.3 Å². The molecule has 0 aliphatic carbocycles. The summed E-state index contributed by atoms with van der Waals surface area (Å²) in [6.07, 6.45) is 1.83. The van der Waals surface area contributed by atoms with E-state index in [4.69, 9.17) is 18.9 Å². The van der Waals surface area contributed by atoms with Crippen LogP contribution in [0.25, 0.3) is 0 Å². The molecule has 2 fully saturated rings. The maximum Gasteiger partial charge on any atom is 0.310 e. The summed E-state index contributed by atoms with van der Waals surface area (Å²) in [6, 6.07) is 4.13. The lowest BCUT2D eigenvalue weighted by molar-refractivity contribution is -0.149. The van der Waals surface area contributed by atoms with Crippen molar-refractivity contribution in [1.82, 2.24) is 15.1 Å². The van der Waals surface area contributed by atoms with Crippen LogP contribution in [0, 0.1) is 12.8 Å². The highest BCUT2D eigenvalue weighted by atomic mass is 16.5. The van der Waals surface area contributed by atoms with Crippen molar-refractivity contribution in [3.63, 3.8) is 0 Å². The molecule has 2 aliphatic heterocycles. The van der Waals surface area contributed by atoms with Gasteiger partial charge in [-0.2, -0.15) is 0 Å². The molecule has 1 aromatic rings. The van der Waals surface area contributed by atoms with E-state index in [0.717, 1.165) is 69.7 Å². The van der Waals surface area contributed by atoms with Crippen LogP contribution >= 0.6 is 0 Å². The SMILES string of the molecule is CCNC(=NCC(c1ccc(C)o1)N1CCOCC1)N1CCCC(C(=O)OCC)C1. The molecule has 2 unspecified atom stereocenters. The predicted molar refractivity (Wildman–Crippen MR) is 115 cm³/mol. The maximum atomic E-state index is 12.2. The Balaban J connectivity index is 1.74. The molecule has 2 atom stereocenters. The lowest BCUT2D eigenvalue weighted by Gasteiger charge is -2.35.